The molecule has 148 valence electrons. The highest BCUT2D eigenvalue weighted by molar-refractivity contribution is 7.22. The fourth-order valence-corrected chi connectivity index (χ4v) is 3.92. The zero-order valence-electron chi connectivity index (χ0n) is 16.5. The molecular formula is C21H24FN3O2S. The normalized spacial score (nSPS) is 11.2. The summed E-state index contributed by atoms with van der Waals surface area (Å²) in [6.45, 7) is 5.18. The van der Waals surface area contributed by atoms with Gasteiger partial charge in [0.05, 0.1) is 10.2 Å². The van der Waals surface area contributed by atoms with Crippen LogP contribution in [-0.2, 0) is 4.79 Å². The fourth-order valence-electron chi connectivity index (χ4n) is 2.86. The van der Waals surface area contributed by atoms with Crippen LogP contribution in [0, 0.1) is 19.7 Å². The molecule has 0 saturated carbocycles. The van der Waals surface area contributed by atoms with Crippen molar-refractivity contribution in [1.82, 2.24) is 9.88 Å². The lowest BCUT2D eigenvalue weighted by Crippen LogP contribution is -2.39. The Bertz CT molecular complexity index is 970. The van der Waals surface area contributed by atoms with Gasteiger partial charge in [0.15, 0.2) is 11.7 Å². The van der Waals surface area contributed by atoms with E-state index < -0.39 is 0 Å². The Balaban J connectivity index is 1.82. The summed E-state index contributed by atoms with van der Waals surface area (Å²) in [6, 6.07) is 9.79. The predicted octanol–water partition coefficient (Wildman–Crippen LogP) is 4.03. The molecule has 0 aliphatic heterocycles. The summed E-state index contributed by atoms with van der Waals surface area (Å²) in [7, 11) is 3.92. The van der Waals surface area contributed by atoms with Crippen LogP contribution < -0.4 is 9.64 Å². The number of hydrogen-bond acceptors (Lipinski definition) is 5. The lowest BCUT2D eigenvalue weighted by Gasteiger charge is -2.22. The van der Waals surface area contributed by atoms with E-state index in [1.54, 1.807) is 4.90 Å². The van der Waals surface area contributed by atoms with Crippen LogP contribution in [0.2, 0.25) is 0 Å². The van der Waals surface area contributed by atoms with Crippen molar-refractivity contribution in [3.05, 3.63) is 53.3 Å². The van der Waals surface area contributed by atoms with Crippen molar-refractivity contribution in [3.8, 4) is 5.75 Å². The van der Waals surface area contributed by atoms with Gasteiger partial charge in [0, 0.05) is 13.1 Å². The number of aryl methyl sites for hydroxylation is 2. The molecule has 1 aromatic heterocycles. The zero-order valence-corrected chi connectivity index (χ0v) is 17.3. The summed E-state index contributed by atoms with van der Waals surface area (Å²) in [6.07, 6.45) is 0. The first kappa shape index (κ1) is 20.2. The molecule has 0 atom stereocenters. The molecule has 0 aliphatic carbocycles. The van der Waals surface area contributed by atoms with E-state index in [-0.39, 0.29) is 18.3 Å². The van der Waals surface area contributed by atoms with Crippen molar-refractivity contribution < 1.29 is 13.9 Å². The Labute approximate surface area is 168 Å². The molecule has 0 radical (unpaired) electrons. The second kappa shape index (κ2) is 8.67. The van der Waals surface area contributed by atoms with Crippen molar-refractivity contribution in [2.75, 3.05) is 38.7 Å². The first-order chi connectivity index (χ1) is 13.3. The van der Waals surface area contributed by atoms with Crippen LogP contribution in [0.5, 0.6) is 5.75 Å². The van der Waals surface area contributed by atoms with Gasteiger partial charge in [-0.1, -0.05) is 17.4 Å². The second-order valence-electron chi connectivity index (χ2n) is 7.02. The van der Waals surface area contributed by atoms with Gasteiger partial charge in [-0.05, 0) is 69.4 Å². The van der Waals surface area contributed by atoms with Crippen molar-refractivity contribution in [2.24, 2.45) is 0 Å². The number of carbonyl (C=O) groups excluding carboxylic acids is 1. The molecule has 3 aromatic rings. The third-order valence-electron chi connectivity index (χ3n) is 4.29. The van der Waals surface area contributed by atoms with Crippen LogP contribution in [0.4, 0.5) is 9.52 Å². The average molecular weight is 402 g/mol. The third kappa shape index (κ3) is 4.85. The van der Waals surface area contributed by atoms with E-state index >= 15 is 0 Å². The highest BCUT2D eigenvalue weighted by Gasteiger charge is 2.21. The maximum Gasteiger partial charge on any atom is 0.266 e. The first-order valence-corrected chi connectivity index (χ1v) is 9.86. The molecule has 1 amide bonds. The van der Waals surface area contributed by atoms with E-state index in [9.17, 15) is 9.18 Å². The Kier molecular flexibility index (Phi) is 6.26. The van der Waals surface area contributed by atoms with Gasteiger partial charge in [0.25, 0.3) is 5.91 Å². The number of likely N-dealkylation sites (N-methyl/N-ethyl adjacent to an activating group) is 1. The first-order valence-electron chi connectivity index (χ1n) is 9.05. The fraction of sp³-hybridized carbons (Fsp3) is 0.333. The van der Waals surface area contributed by atoms with Crippen molar-refractivity contribution in [2.45, 2.75) is 13.8 Å². The number of carbonyl (C=O) groups is 1. The van der Waals surface area contributed by atoms with Gasteiger partial charge in [0.2, 0.25) is 0 Å². The summed E-state index contributed by atoms with van der Waals surface area (Å²) in [5.41, 5.74) is 3.20. The topological polar surface area (TPSA) is 45.7 Å². The van der Waals surface area contributed by atoms with Crippen molar-refractivity contribution in [1.29, 1.82) is 0 Å². The van der Waals surface area contributed by atoms with Crippen LogP contribution >= 0.6 is 11.3 Å². The summed E-state index contributed by atoms with van der Waals surface area (Å²) < 4.78 is 19.7. The number of benzene rings is 2. The Morgan fingerprint density at radius 1 is 1.14 bits per heavy atom. The van der Waals surface area contributed by atoms with Gasteiger partial charge < -0.3 is 9.64 Å². The minimum absolute atomic E-state index is 0.132. The SMILES string of the molecule is Cc1cc(C)c2sc(N(CCN(C)C)C(=O)COc3ccc(F)cc3)nc2c1. The molecule has 0 spiro atoms. The van der Waals surface area contributed by atoms with Crippen LogP contribution in [-0.4, -0.2) is 49.6 Å². The summed E-state index contributed by atoms with van der Waals surface area (Å²) in [4.78, 5) is 21.3. The van der Waals surface area contributed by atoms with E-state index in [0.717, 1.165) is 21.3 Å². The maximum absolute atomic E-state index is 13.0. The number of nitrogens with zero attached hydrogens (tertiary/aromatic N) is 3. The summed E-state index contributed by atoms with van der Waals surface area (Å²) in [5, 5.41) is 0.665. The van der Waals surface area contributed by atoms with Gasteiger partial charge in [-0.2, -0.15) is 0 Å². The smallest absolute Gasteiger partial charge is 0.266 e. The minimum atomic E-state index is -0.341. The van der Waals surface area contributed by atoms with E-state index in [1.807, 2.05) is 32.0 Å². The van der Waals surface area contributed by atoms with Crippen LogP contribution in [0.25, 0.3) is 10.2 Å². The molecule has 28 heavy (non-hydrogen) atoms. The number of aromatic nitrogens is 1. The van der Waals surface area contributed by atoms with Crippen LogP contribution in [0.3, 0.4) is 0 Å². The molecule has 5 nitrogen and oxygen atoms in total. The molecule has 0 fully saturated rings. The largest absolute Gasteiger partial charge is 0.484 e. The van der Waals surface area contributed by atoms with Gasteiger partial charge in [0.1, 0.15) is 11.6 Å². The number of hydrogen-bond donors (Lipinski definition) is 0. The molecule has 0 aliphatic rings. The number of thiazole rings is 1. The number of anilines is 1. The van der Waals surface area contributed by atoms with E-state index in [4.69, 9.17) is 9.72 Å². The summed E-state index contributed by atoms with van der Waals surface area (Å²) >= 11 is 1.51. The number of rotatable bonds is 7. The molecular weight excluding hydrogens is 377 g/mol. The third-order valence-corrected chi connectivity index (χ3v) is 5.52. The van der Waals surface area contributed by atoms with Gasteiger partial charge in [-0.25, -0.2) is 9.37 Å². The van der Waals surface area contributed by atoms with E-state index in [2.05, 4.69) is 13.0 Å². The molecule has 7 heteroatoms. The molecule has 0 N–H and O–H groups in total. The average Bonchev–Trinajstić information content (AvgIpc) is 3.05. The Morgan fingerprint density at radius 2 is 1.86 bits per heavy atom. The molecule has 0 unspecified atom stereocenters. The number of amides is 1. The second-order valence-corrected chi connectivity index (χ2v) is 8.00. The molecule has 0 saturated heterocycles. The predicted molar refractivity (Wildman–Crippen MR) is 112 cm³/mol. The minimum Gasteiger partial charge on any atom is -0.484 e. The monoisotopic (exact) mass is 401 g/mol. The van der Waals surface area contributed by atoms with Gasteiger partial charge >= 0.3 is 0 Å². The van der Waals surface area contributed by atoms with Crippen LogP contribution in [0.1, 0.15) is 11.1 Å². The zero-order chi connectivity index (χ0) is 20.3. The number of fused-ring (bicyclic) bond motifs is 1. The Morgan fingerprint density at radius 3 is 2.54 bits per heavy atom. The number of halogens is 1. The molecule has 2 aromatic carbocycles. The van der Waals surface area contributed by atoms with Gasteiger partial charge in [-0.3, -0.25) is 9.69 Å². The van der Waals surface area contributed by atoms with Crippen LogP contribution in [0.15, 0.2) is 36.4 Å². The van der Waals surface area contributed by atoms with E-state index in [1.165, 1.54) is 35.6 Å². The molecule has 1 heterocycles. The summed E-state index contributed by atoms with van der Waals surface area (Å²) in [5.74, 6) is -0.0656. The molecule has 0 bridgehead atoms. The lowest BCUT2D eigenvalue weighted by molar-refractivity contribution is -0.120. The van der Waals surface area contributed by atoms with Crippen molar-refractivity contribution in [3.63, 3.8) is 0 Å². The van der Waals surface area contributed by atoms with Crippen molar-refractivity contribution >= 4 is 32.6 Å². The lowest BCUT2D eigenvalue weighted by atomic mass is 10.1. The Hall–Kier alpha value is -2.51. The number of ether oxygens (including phenoxy) is 1. The van der Waals surface area contributed by atoms with E-state index in [0.29, 0.717) is 24.0 Å². The highest BCUT2D eigenvalue weighted by atomic mass is 32.1. The maximum atomic E-state index is 13.0. The van der Waals surface area contributed by atoms with Gasteiger partial charge in [-0.15, -0.1) is 0 Å². The quantitative estimate of drug-likeness (QED) is 0.600. The molecule has 3 rings (SSSR count). The standard InChI is InChI=1S/C21H24FN3O2S/c1-14-11-15(2)20-18(12-14)23-21(28-20)25(10-9-24(3)4)19(26)13-27-17-7-5-16(22)6-8-17/h5-8,11-12H,9-10,13H2,1-4H3. The highest BCUT2D eigenvalue weighted by Crippen LogP contribution is 2.32.